The predicted octanol–water partition coefficient (Wildman–Crippen LogP) is 3.22. The van der Waals surface area contributed by atoms with Crippen molar-refractivity contribution >= 4 is 0 Å². The summed E-state index contributed by atoms with van der Waals surface area (Å²) in [4.78, 5) is 2.66. The second-order valence-corrected chi connectivity index (χ2v) is 6.47. The third kappa shape index (κ3) is 4.21. The van der Waals surface area contributed by atoms with Crippen molar-refractivity contribution in [2.24, 2.45) is 5.73 Å². The molecule has 1 aromatic rings. The molecule has 1 atom stereocenters. The first-order valence-corrected chi connectivity index (χ1v) is 8.22. The van der Waals surface area contributed by atoms with Crippen LogP contribution in [0.1, 0.15) is 45.1 Å². The molecule has 0 aliphatic heterocycles. The van der Waals surface area contributed by atoms with E-state index in [9.17, 15) is 0 Å². The van der Waals surface area contributed by atoms with Gasteiger partial charge in [-0.05, 0) is 63.3 Å². The van der Waals surface area contributed by atoms with Crippen molar-refractivity contribution in [2.45, 2.75) is 57.5 Å². The van der Waals surface area contributed by atoms with Gasteiger partial charge in [-0.15, -0.1) is 0 Å². The normalized spacial score (nSPS) is 17.8. The number of ether oxygens (including phenoxy) is 1. The van der Waals surface area contributed by atoms with Gasteiger partial charge >= 0.3 is 0 Å². The van der Waals surface area contributed by atoms with Gasteiger partial charge in [-0.1, -0.05) is 19.1 Å². The van der Waals surface area contributed by atoms with Crippen molar-refractivity contribution in [1.82, 2.24) is 4.90 Å². The molecular weight excluding hydrogens is 260 g/mol. The van der Waals surface area contributed by atoms with Crippen molar-refractivity contribution in [2.75, 3.05) is 20.2 Å². The number of benzene rings is 1. The number of rotatable bonds is 9. The molecule has 1 aliphatic carbocycles. The summed E-state index contributed by atoms with van der Waals surface area (Å²) in [5, 5.41) is 0. The highest BCUT2D eigenvalue weighted by Gasteiger charge is 2.39. The number of aryl methyl sites for hydroxylation is 1. The highest BCUT2D eigenvalue weighted by atomic mass is 16.5. The average Bonchev–Trinajstić information content (AvgIpc) is 3.35. The van der Waals surface area contributed by atoms with Crippen LogP contribution in [0.4, 0.5) is 0 Å². The lowest BCUT2D eigenvalue weighted by Crippen LogP contribution is -2.53. The second-order valence-electron chi connectivity index (χ2n) is 6.47. The summed E-state index contributed by atoms with van der Waals surface area (Å²) < 4.78 is 5.22. The Bertz CT molecular complexity index is 427. The number of nitrogens with two attached hydrogens (primary N) is 1. The van der Waals surface area contributed by atoms with Gasteiger partial charge in [0.25, 0.3) is 0 Å². The van der Waals surface area contributed by atoms with Crippen LogP contribution >= 0.6 is 0 Å². The first kappa shape index (κ1) is 16.3. The van der Waals surface area contributed by atoms with E-state index in [4.69, 9.17) is 10.5 Å². The van der Waals surface area contributed by atoms with Crippen LogP contribution < -0.4 is 10.5 Å². The molecular formula is C18H30N2O. The summed E-state index contributed by atoms with van der Waals surface area (Å²) >= 11 is 0. The van der Waals surface area contributed by atoms with Crippen LogP contribution in [0.25, 0.3) is 0 Å². The highest BCUT2D eigenvalue weighted by molar-refractivity contribution is 5.27. The minimum Gasteiger partial charge on any atom is -0.497 e. The molecule has 3 heteroatoms. The zero-order chi connectivity index (χ0) is 15.3. The Hall–Kier alpha value is -1.06. The highest BCUT2D eigenvalue weighted by Crippen LogP contribution is 2.35. The fourth-order valence-corrected chi connectivity index (χ4v) is 3.09. The fourth-order valence-electron chi connectivity index (χ4n) is 3.09. The maximum absolute atomic E-state index is 6.15. The van der Waals surface area contributed by atoms with Gasteiger partial charge in [0.1, 0.15) is 5.75 Å². The molecule has 3 nitrogen and oxygen atoms in total. The van der Waals surface area contributed by atoms with Crippen LogP contribution in [0.2, 0.25) is 0 Å². The molecule has 118 valence electrons. The third-order valence-corrected chi connectivity index (χ3v) is 4.70. The minimum atomic E-state index is 0.122. The van der Waals surface area contributed by atoms with Crippen molar-refractivity contribution in [3.05, 3.63) is 29.8 Å². The summed E-state index contributed by atoms with van der Waals surface area (Å²) in [6.45, 7) is 6.50. The minimum absolute atomic E-state index is 0.122. The Morgan fingerprint density at radius 2 is 1.95 bits per heavy atom. The van der Waals surface area contributed by atoms with Gasteiger partial charge in [0.05, 0.1) is 7.11 Å². The smallest absolute Gasteiger partial charge is 0.118 e. The summed E-state index contributed by atoms with van der Waals surface area (Å²) in [6, 6.07) is 9.18. The topological polar surface area (TPSA) is 38.5 Å². The molecule has 1 aromatic carbocycles. The summed E-state index contributed by atoms with van der Waals surface area (Å²) in [5.74, 6) is 0.922. The van der Waals surface area contributed by atoms with Crippen LogP contribution in [0.3, 0.4) is 0 Å². The Kier molecular flexibility index (Phi) is 5.65. The number of methoxy groups -OCH3 is 1. The van der Waals surface area contributed by atoms with E-state index in [0.29, 0.717) is 0 Å². The second kappa shape index (κ2) is 7.28. The van der Waals surface area contributed by atoms with Crippen LogP contribution in [-0.4, -0.2) is 36.7 Å². The van der Waals surface area contributed by atoms with E-state index < -0.39 is 0 Å². The van der Waals surface area contributed by atoms with Gasteiger partial charge in [0.15, 0.2) is 0 Å². The summed E-state index contributed by atoms with van der Waals surface area (Å²) in [5.41, 5.74) is 7.64. The van der Waals surface area contributed by atoms with Gasteiger partial charge < -0.3 is 10.5 Å². The number of nitrogens with zero attached hydrogens (tertiary/aromatic N) is 1. The molecule has 2 rings (SSSR count). The Morgan fingerprint density at radius 1 is 1.29 bits per heavy atom. The lowest BCUT2D eigenvalue weighted by Gasteiger charge is -2.41. The lowest BCUT2D eigenvalue weighted by molar-refractivity contribution is 0.0923. The van der Waals surface area contributed by atoms with E-state index in [-0.39, 0.29) is 5.54 Å². The fraction of sp³-hybridized carbons (Fsp3) is 0.667. The quantitative estimate of drug-likeness (QED) is 0.759. The van der Waals surface area contributed by atoms with Crippen molar-refractivity contribution in [1.29, 1.82) is 0 Å². The molecule has 0 spiro atoms. The molecule has 21 heavy (non-hydrogen) atoms. The molecule has 1 saturated carbocycles. The van der Waals surface area contributed by atoms with Crippen molar-refractivity contribution in [3.8, 4) is 5.75 Å². The van der Waals surface area contributed by atoms with E-state index in [1.54, 1.807) is 7.11 Å². The molecule has 0 radical (unpaired) electrons. The van der Waals surface area contributed by atoms with Crippen LogP contribution in [0, 0.1) is 0 Å². The summed E-state index contributed by atoms with van der Waals surface area (Å²) in [6.07, 6.45) is 6.09. The Balaban J connectivity index is 1.99. The van der Waals surface area contributed by atoms with Crippen LogP contribution in [0.5, 0.6) is 5.75 Å². The Morgan fingerprint density at radius 3 is 2.43 bits per heavy atom. The Labute approximate surface area is 129 Å². The van der Waals surface area contributed by atoms with Gasteiger partial charge in [0.2, 0.25) is 0 Å². The molecule has 0 bridgehead atoms. The van der Waals surface area contributed by atoms with E-state index in [1.807, 2.05) is 12.1 Å². The molecule has 0 heterocycles. The van der Waals surface area contributed by atoms with Gasteiger partial charge in [-0.25, -0.2) is 0 Å². The van der Waals surface area contributed by atoms with Crippen LogP contribution in [-0.2, 0) is 6.42 Å². The van der Waals surface area contributed by atoms with Gasteiger partial charge in [-0.2, -0.15) is 0 Å². The zero-order valence-corrected chi connectivity index (χ0v) is 13.8. The van der Waals surface area contributed by atoms with E-state index in [0.717, 1.165) is 31.2 Å². The molecule has 0 aromatic heterocycles. The van der Waals surface area contributed by atoms with Gasteiger partial charge in [-0.3, -0.25) is 4.90 Å². The van der Waals surface area contributed by atoms with E-state index in [1.165, 1.54) is 31.4 Å². The first-order valence-electron chi connectivity index (χ1n) is 8.22. The molecule has 0 saturated heterocycles. The predicted molar refractivity (Wildman–Crippen MR) is 88.8 cm³/mol. The van der Waals surface area contributed by atoms with Crippen molar-refractivity contribution in [3.63, 3.8) is 0 Å². The average molecular weight is 290 g/mol. The molecule has 1 unspecified atom stereocenters. The first-order chi connectivity index (χ1) is 10.1. The number of hydrogen-bond acceptors (Lipinski definition) is 3. The largest absolute Gasteiger partial charge is 0.497 e. The zero-order valence-electron chi connectivity index (χ0n) is 13.8. The summed E-state index contributed by atoms with van der Waals surface area (Å²) in [7, 11) is 1.71. The monoisotopic (exact) mass is 290 g/mol. The van der Waals surface area contributed by atoms with E-state index in [2.05, 4.69) is 30.9 Å². The van der Waals surface area contributed by atoms with Crippen LogP contribution in [0.15, 0.2) is 24.3 Å². The molecule has 2 N–H and O–H groups in total. The third-order valence-electron chi connectivity index (χ3n) is 4.70. The molecule has 1 fully saturated rings. The van der Waals surface area contributed by atoms with Crippen molar-refractivity contribution < 1.29 is 4.74 Å². The maximum Gasteiger partial charge on any atom is 0.118 e. The van der Waals surface area contributed by atoms with Gasteiger partial charge in [0, 0.05) is 18.1 Å². The molecule has 1 aliphatic rings. The number of hydrogen-bond donors (Lipinski definition) is 1. The maximum atomic E-state index is 6.15. The van der Waals surface area contributed by atoms with E-state index >= 15 is 0 Å². The molecule has 0 amide bonds. The lowest BCUT2D eigenvalue weighted by atomic mass is 9.90. The standard InChI is InChI=1S/C18H30N2O/c1-4-13-20(16-7-8-16)18(2,14-19)12-11-15-5-9-17(21-3)10-6-15/h5-6,9-10,16H,4,7-8,11-14,19H2,1-3H3. The SMILES string of the molecule is CCCN(C1CC1)C(C)(CN)CCc1ccc(OC)cc1.